The first-order valence-electron chi connectivity index (χ1n) is 13.4. The second-order valence-electron chi connectivity index (χ2n) is 9.76. The third-order valence-electron chi connectivity index (χ3n) is 6.75. The summed E-state index contributed by atoms with van der Waals surface area (Å²) in [6, 6.07) is 23.5. The van der Waals surface area contributed by atoms with Crippen molar-refractivity contribution in [1.29, 1.82) is 0 Å². The van der Waals surface area contributed by atoms with Gasteiger partial charge < -0.3 is 14.3 Å². The molecule has 3 aromatic carbocycles. The van der Waals surface area contributed by atoms with Crippen LogP contribution in [0.25, 0.3) is 21.5 Å². The lowest BCUT2D eigenvalue weighted by Gasteiger charge is -2.13. The van der Waals surface area contributed by atoms with Gasteiger partial charge >= 0.3 is 5.97 Å². The van der Waals surface area contributed by atoms with Gasteiger partial charge in [-0.25, -0.2) is 9.78 Å². The summed E-state index contributed by atoms with van der Waals surface area (Å²) in [5.74, 6) is 0.978. The van der Waals surface area contributed by atoms with E-state index in [1.165, 1.54) is 11.3 Å². The molecule has 5 aromatic rings. The minimum atomic E-state index is -1.03. The lowest BCUT2D eigenvalue weighted by Crippen LogP contribution is -2.23. The summed E-state index contributed by atoms with van der Waals surface area (Å²) in [6.07, 6.45) is 0.878. The summed E-state index contributed by atoms with van der Waals surface area (Å²) >= 11 is 1.54. The fourth-order valence-electron chi connectivity index (χ4n) is 4.67. The number of oxazole rings is 1. The number of carboxylic acids is 1. The van der Waals surface area contributed by atoms with Gasteiger partial charge in [0.15, 0.2) is 11.8 Å². The highest BCUT2D eigenvalue weighted by atomic mass is 32.1. The molecule has 41 heavy (non-hydrogen) atoms. The Bertz CT molecular complexity index is 1690. The van der Waals surface area contributed by atoms with Crippen LogP contribution in [-0.2, 0) is 17.6 Å². The number of carbonyl (C=O) groups is 2. The molecular weight excluding hydrogens is 536 g/mol. The SMILES string of the molecule is CC(CC(=O)c1ccccc1)=NC(Cc1ccc(OCCc2nc(-c3ccccc3)oc2C)c2ccsc12)C(=O)O. The number of Topliss-reactive ketones (excluding diaryl/α,β-unsaturated/α-hetero) is 1. The van der Waals surface area contributed by atoms with Crippen LogP contribution < -0.4 is 4.74 Å². The van der Waals surface area contributed by atoms with Crippen molar-refractivity contribution in [2.75, 3.05) is 6.61 Å². The molecule has 8 heteroatoms. The molecule has 0 radical (unpaired) electrons. The number of nitrogens with zero attached hydrogens (tertiary/aromatic N) is 2. The fraction of sp³-hybridized carbons (Fsp3) is 0.212. The van der Waals surface area contributed by atoms with Gasteiger partial charge in [-0.05, 0) is 49.1 Å². The maximum atomic E-state index is 12.6. The number of rotatable bonds is 12. The Morgan fingerprint density at radius 1 is 1.02 bits per heavy atom. The molecule has 0 aliphatic rings. The van der Waals surface area contributed by atoms with Crippen molar-refractivity contribution in [3.63, 3.8) is 0 Å². The van der Waals surface area contributed by atoms with Gasteiger partial charge in [-0.3, -0.25) is 9.79 Å². The summed E-state index contributed by atoms with van der Waals surface area (Å²) in [5, 5.41) is 12.8. The predicted octanol–water partition coefficient (Wildman–Crippen LogP) is 7.22. The Hall–Kier alpha value is -4.56. The Balaban J connectivity index is 1.26. The van der Waals surface area contributed by atoms with Crippen molar-refractivity contribution < 1.29 is 23.8 Å². The van der Waals surface area contributed by atoms with Crippen molar-refractivity contribution in [2.24, 2.45) is 4.99 Å². The molecule has 0 saturated heterocycles. The van der Waals surface area contributed by atoms with Gasteiger partial charge in [-0.1, -0.05) is 54.6 Å². The predicted molar refractivity (Wildman–Crippen MR) is 161 cm³/mol. The monoisotopic (exact) mass is 566 g/mol. The minimum Gasteiger partial charge on any atom is -0.493 e. The number of hydrogen-bond donors (Lipinski definition) is 1. The van der Waals surface area contributed by atoms with Crippen LogP contribution in [0.3, 0.4) is 0 Å². The van der Waals surface area contributed by atoms with Gasteiger partial charge in [0.05, 0.1) is 12.3 Å². The lowest BCUT2D eigenvalue weighted by molar-refractivity contribution is -0.138. The third kappa shape index (κ3) is 6.78. The number of carbonyl (C=O) groups excluding carboxylic acids is 1. The summed E-state index contributed by atoms with van der Waals surface area (Å²) in [4.78, 5) is 33.7. The van der Waals surface area contributed by atoms with Crippen LogP contribution >= 0.6 is 11.3 Å². The Kier molecular flexibility index (Phi) is 8.70. The zero-order valence-electron chi connectivity index (χ0n) is 22.9. The fourth-order valence-corrected chi connectivity index (χ4v) is 5.61. The maximum absolute atomic E-state index is 12.6. The van der Waals surface area contributed by atoms with Crippen LogP contribution in [0.1, 0.15) is 40.7 Å². The molecule has 1 N–H and O–H groups in total. The Labute approximate surface area is 242 Å². The van der Waals surface area contributed by atoms with Crippen LogP contribution in [0.2, 0.25) is 0 Å². The quantitative estimate of drug-likeness (QED) is 0.126. The molecule has 5 rings (SSSR count). The summed E-state index contributed by atoms with van der Waals surface area (Å²) in [7, 11) is 0. The number of fused-ring (bicyclic) bond motifs is 1. The summed E-state index contributed by atoms with van der Waals surface area (Å²) < 4.78 is 13.0. The molecule has 1 unspecified atom stereocenters. The van der Waals surface area contributed by atoms with Gasteiger partial charge in [0.1, 0.15) is 11.5 Å². The number of aryl methyl sites for hydroxylation is 1. The van der Waals surface area contributed by atoms with Crippen LogP contribution in [-0.4, -0.2) is 40.2 Å². The highest BCUT2D eigenvalue weighted by Crippen LogP contribution is 2.34. The Morgan fingerprint density at radius 3 is 2.49 bits per heavy atom. The number of aliphatic imine (C=N–C) groups is 1. The lowest BCUT2D eigenvalue weighted by atomic mass is 10.0. The highest BCUT2D eigenvalue weighted by molar-refractivity contribution is 7.17. The molecule has 1 atom stereocenters. The number of ether oxygens (including phenoxy) is 1. The van der Waals surface area contributed by atoms with Gasteiger partial charge in [0.25, 0.3) is 0 Å². The molecule has 0 bridgehead atoms. The number of aliphatic carboxylic acids is 1. The average Bonchev–Trinajstić information content (AvgIpc) is 3.62. The molecule has 2 heterocycles. The number of benzene rings is 3. The largest absolute Gasteiger partial charge is 0.493 e. The molecule has 0 fully saturated rings. The minimum absolute atomic E-state index is 0.0762. The zero-order valence-corrected chi connectivity index (χ0v) is 23.7. The van der Waals surface area contributed by atoms with Crippen molar-refractivity contribution in [3.05, 3.63) is 107 Å². The maximum Gasteiger partial charge on any atom is 0.328 e. The van der Waals surface area contributed by atoms with Crippen LogP contribution in [0.5, 0.6) is 5.75 Å². The van der Waals surface area contributed by atoms with Gasteiger partial charge in [-0.2, -0.15) is 0 Å². The molecule has 0 saturated carbocycles. The van der Waals surface area contributed by atoms with E-state index in [1.807, 2.05) is 66.9 Å². The smallest absolute Gasteiger partial charge is 0.328 e. The molecule has 2 aromatic heterocycles. The van der Waals surface area contributed by atoms with Crippen LogP contribution in [0, 0.1) is 6.92 Å². The molecule has 0 aliphatic carbocycles. The first-order chi connectivity index (χ1) is 19.9. The van der Waals surface area contributed by atoms with E-state index < -0.39 is 12.0 Å². The first kappa shape index (κ1) is 28.0. The van der Waals surface area contributed by atoms with Crippen molar-refractivity contribution in [3.8, 4) is 17.2 Å². The highest BCUT2D eigenvalue weighted by Gasteiger charge is 2.21. The van der Waals surface area contributed by atoms with Gasteiger partial charge in [0.2, 0.25) is 5.89 Å². The van der Waals surface area contributed by atoms with Crippen molar-refractivity contribution >= 4 is 38.9 Å². The topological polar surface area (TPSA) is 102 Å². The molecule has 208 valence electrons. The summed E-state index contributed by atoms with van der Waals surface area (Å²) in [5.41, 5.74) is 3.73. The van der Waals surface area contributed by atoms with E-state index >= 15 is 0 Å². The third-order valence-corrected chi connectivity index (χ3v) is 7.74. The van der Waals surface area contributed by atoms with Crippen molar-refractivity contribution in [2.45, 2.75) is 39.2 Å². The molecular formula is C33H30N2O5S. The second-order valence-corrected chi connectivity index (χ2v) is 10.7. The van der Waals surface area contributed by atoms with E-state index in [9.17, 15) is 14.7 Å². The summed E-state index contributed by atoms with van der Waals surface area (Å²) in [6.45, 7) is 4.03. The molecule has 0 aliphatic heterocycles. The van der Waals surface area contributed by atoms with E-state index in [0.717, 1.165) is 38.4 Å². The number of thiophene rings is 1. The zero-order chi connectivity index (χ0) is 28.8. The molecule has 7 nitrogen and oxygen atoms in total. The second kappa shape index (κ2) is 12.7. The number of aromatic nitrogens is 1. The van der Waals surface area contributed by atoms with Gasteiger partial charge in [0, 0.05) is 46.2 Å². The standard InChI is InChI=1S/C33H30N2O5S/c1-21(19-29(36)23-9-5-3-6-10-23)34-28(33(37)38)20-25-13-14-30(26-16-18-41-31(25)26)39-17-15-27-22(2)40-32(35-27)24-11-7-4-8-12-24/h3-14,16,18,28H,15,17,19-20H2,1-2H3,(H,37,38). The number of ketones is 1. The van der Waals surface area contributed by atoms with E-state index in [-0.39, 0.29) is 18.6 Å². The number of hydrogen-bond acceptors (Lipinski definition) is 7. The van der Waals surface area contributed by atoms with E-state index in [1.54, 1.807) is 31.2 Å². The van der Waals surface area contributed by atoms with E-state index in [0.29, 0.717) is 30.2 Å². The average molecular weight is 567 g/mol. The van der Waals surface area contributed by atoms with Crippen LogP contribution in [0.15, 0.2) is 93.7 Å². The molecule has 0 spiro atoms. The normalized spacial score (nSPS) is 12.4. The van der Waals surface area contributed by atoms with Crippen molar-refractivity contribution in [1.82, 2.24) is 4.98 Å². The van der Waals surface area contributed by atoms with E-state index in [2.05, 4.69) is 9.98 Å². The Morgan fingerprint density at radius 2 is 1.76 bits per heavy atom. The first-order valence-corrected chi connectivity index (χ1v) is 14.2. The van der Waals surface area contributed by atoms with Gasteiger partial charge in [-0.15, -0.1) is 11.3 Å². The van der Waals surface area contributed by atoms with Crippen LogP contribution in [0.4, 0.5) is 0 Å². The molecule has 0 amide bonds. The number of carboxylic acid groups (broad SMARTS) is 1. The van der Waals surface area contributed by atoms with E-state index in [4.69, 9.17) is 9.15 Å².